The van der Waals surface area contributed by atoms with Gasteiger partial charge in [0.25, 0.3) is 0 Å². The largest absolute Gasteiger partial charge is 0.480 e. The minimum absolute atomic E-state index is 0.255. The first-order valence-electron chi connectivity index (χ1n) is 9.52. The van der Waals surface area contributed by atoms with E-state index in [9.17, 15) is 24.3 Å². The minimum Gasteiger partial charge on any atom is -0.480 e. The van der Waals surface area contributed by atoms with E-state index in [0.29, 0.717) is 38.0 Å². The molecule has 10 heteroatoms. The van der Waals surface area contributed by atoms with Crippen molar-refractivity contribution in [3.63, 3.8) is 0 Å². The van der Waals surface area contributed by atoms with Gasteiger partial charge in [-0.15, -0.1) is 0 Å². The Morgan fingerprint density at radius 1 is 1.29 bits per heavy atom. The van der Waals surface area contributed by atoms with Crippen molar-refractivity contribution in [2.45, 2.75) is 57.7 Å². The smallest absolute Gasteiger partial charge is 0.326 e. The average molecular weight is 417 g/mol. The monoisotopic (exact) mass is 416 g/mol. The first kappa shape index (κ1) is 24.2. The second kappa shape index (κ2) is 11.9. The van der Waals surface area contributed by atoms with Crippen molar-refractivity contribution in [1.82, 2.24) is 15.5 Å². The van der Waals surface area contributed by atoms with E-state index in [4.69, 9.17) is 5.73 Å². The number of thioether (sulfide) groups is 1. The van der Waals surface area contributed by atoms with E-state index in [1.807, 2.05) is 20.1 Å². The van der Waals surface area contributed by atoms with E-state index in [2.05, 4.69) is 10.6 Å². The van der Waals surface area contributed by atoms with Gasteiger partial charge in [-0.1, -0.05) is 13.8 Å². The number of hydrogen-bond acceptors (Lipinski definition) is 6. The maximum absolute atomic E-state index is 12.8. The highest BCUT2D eigenvalue weighted by atomic mass is 32.2. The van der Waals surface area contributed by atoms with Crippen LogP contribution in [-0.2, 0) is 19.2 Å². The third-order valence-electron chi connectivity index (χ3n) is 4.55. The lowest BCUT2D eigenvalue weighted by atomic mass is 10.0. The fraction of sp³-hybridized carbons (Fsp3) is 0.778. The van der Waals surface area contributed by atoms with Crippen molar-refractivity contribution in [1.29, 1.82) is 0 Å². The molecule has 0 aromatic carbocycles. The van der Waals surface area contributed by atoms with Gasteiger partial charge in [0.1, 0.15) is 12.1 Å². The second-order valence-electron chi connectivity index (χ2n) is 7.38. The summed E-state index contributed by atoms with van der Waals surface area (Å²) in [6, 6.07) is -2.36. The van der Waals surface area contributed by atoms with E-state index >= 15 is 0 Å². The molecule has 3 atom stereocenters. The maximum atomic E-state index is 12.8. The molecule has 0 aromatic heterocycles. The Bertz CT molecular complexity index is 572. The molecule has 5 N–H and O–H groups in total. The number of nitrogens with two attached hydrogens (primary N) is 1. The van der Waals surface area contributed by atoms with E-state index < -0.39 is 41.8 Å². The molecule has 3 unspecified atom stereocenters. The lowest BCUT2D eigenvalue weighted by Crippen LogP contribution is -2.54. The maximum Gasteiger partial charge on any atom is 0.326 e. The van der Waals surface area contributed by atoms with Crippen LogP contribution in [0.15, 0.2) is 0 Å². The fourth-order valence-corrected chi connectivity index (χ4v) is 3.61. The first-order chi connectivity index (χ1) is 13.2. The SMILES string of the molecule is CSCCC(NC(=O)CNC(=O)C(N)CC(C)C)C(=O)N1CCCC1C(=O)O. The second-order valence-corrected chi connectivity index (χ2v) is 8.37. The zero-order chi connectivity index (χ0) is 21.3. The van der Waals surface area contributed by atoms with Gasteiger partial charge in [-0.05, 0) is 43.6 Å². The summed E-state index contributed by atoms with van der Waals surface area (Å²) in [5, 5.41) is 14.4. The average Bonchev–Trinajstić information content (AvgIpc) is 3.11. The molecule has 1 aliphatic rings. The number of nitrogens with zero attached hydrogens (tertiary/aromatic N) is 1. The lowest BCUT2D eigenvalue weighted by Gasteiger charge is -2.27. The minimum atomic E-state index is -1.04. The molecule has 1 rings (SSSR count). The number of carbonyl (C=O) groups is 4. The standard InChI is InChI=1S/C18H32N4O5S/c1-11(2)9-12(19)16(24)20-10-15(23)21-13(6-8-28-3)17(25)22-7-4-5-14(22)18(26)27/h11-14H,4-10,19H2,1-3H3,(H,20,24)(H,21,23)(H,26,27). The molecule has 160 valence electrons. The van der Waals surface area contributed by atoms with Gasteiger partial charge in [-0.2, -0.15) is 11.8 Å². The zero-order valence-corrected chi connectivity index (χ0v) is 17.6. The lowest BCUT2D eigenvalue weighted by molar-refractivity contribution is -0.149. The number of hydrogen-bond donors (Lipinski definition) is 4. The van der Waals surface area contributed by atoms with Crippen LogP contribution >= 0.6 is 11.8 Å². The summed E-state index contributed by atoms with van der Waals surface area (Å²) in [4.78, 5) is 49.7. The topological polar surface area (TPSA) is 142 Å². The zero-order valence-electron chi connectivity index (χ0n) is 16.8. The third-order valence-corrected chi connectivity index (χ3v) is 5.19. The van der Waals surface area contributed by atoms with Crippen molar-refractivity contribution in [3.05, 3.63) is 0 Å². The van der Waals surface area contributed by atoms with E-state index in [1.54, 1.807) is 0 Å². The highest BCUT2D eigenvalue weighted by molar-refractivity contribution is 7.98. The summed E-state index contributed by atoms with van der Waals surface area (Å²) in [6.07, 6.45) is 3.81. The van der Waals surface area contributed by atoms with Crippen LogP contribution in [-0.4, -0.2) is 76.9 Å². The molecule has 0 aliphatic carbocycles. The number of carboxylic acids is 1. The summed E-state index contributed by atoms with van der Waals surface area (Å²) in [6.45, 7) is 3.98. The van der Waals surface area contributed by atoms with Crippen LogP contribution in [0, 0.1) is 5.92 Å². The molecular formula is C18H32N4O5S. The van der Waals surface area contributed by atoms with Crippen LogP contribution in [0.2, 0.25) is 0 Å². The Balaban J connectivity index is 2.64. The Kier molecular flexibility index (Phi) is 10.3. The summed E-state index contributed by atoms with van der Waals surface area (Å²) < 4.78 is 0. The van der Waals surface area contributed by atoms with Gasteiger partial charge >= 0.3 is 5.97 Å². The predicted molar refractivity (Wildman–Crippen MR) is 108 cm³/mol. The van der Waals surface area contributed by atoms with Crippen LogP contribution < -0.4 is 16.4 Å². The first-order valence-corrected chi connectivity index (χ1v) is 10.9. The van der Waals surface area contributed by atoms with Gasteiger partial charge < -0.3 is 26.4 Å². The van der Waals surface area contributed by atoms with Gasteiger partial charge in [0, 0.05) is 6.54 Å². The molecule has 1 fully saturated rings. The Morgan fingerprint density at radius 3 is 2.54 bits per heavy atom. The summed E-state index contributed by atoms with van der Waals surface area (Å²) in [5.74, 6) is -1.46. The van der Waals surface area contributed by atoms with Gasteiger partial charge in [0.05, 0.1) is 12.6 Å². The normalized spacial score (nSPS) is 18.6. The van der Waals surface area contributed by atoms with Gasteiger partial charge in [0.2, 0.25) is 17.7 Å². The number of carboxylic acid groups (broad SMARTS) is 1. The van der Waals surface area contributed by atoms with E-state index in [0.717, 1.165) is 0 Å². The van der Waals surface area contributed by atoms with Crippen molar-refractivity contribution >= 4 is 35.5 Å². The molecule has 3 amide bonds. The quantitative estimate of drug-likeness (QED) is 0.365. The predicted octanol–water partition coefficient (Wildman–Crippen LogP) is -0.210. The van der Waals surface area contributed by atoms with Gasteiger partial charge in [0.15, 0.2) is 0 Å². The number of nitrogens with one attached hydrogen (secondary N) is 2. The summed E-state index contributed by atoms with van der Waals surface area (Å²) >= 11 is 1.53. The van der Waals surface area contributed by atoms with Crippen molar-refractivity contribution in [2.75, 3.05) is 25.1 Å². The van der Waals surface area contributed by atoms with Crippen molar-refractivity contribution in [3.8, 4) is 0 Å². The molecule has 1 heterocycles. The number of likely N-dealkylation sites (tertiary alicyclic amines) is 1. The van der Waals surface area contributed by atoms with E-state index in [-0.39, 0.29) is 12.5 Å². The Morgan fingerprint density at radius 2 is 1.96 bits per heavy atom. The molecule has 0 radical (unpaired) electrons. The van der Waals surface area contributed by atoms with Crippen LogP contribution in [0.4, 0.5) is 0 Å². The molecule has 0 saturated carbocycles. The van der Waals surface area contributed by atoms with Gasteiger partial charge in [-0.3, -0.25) is 14.4 Å². The molecule has 0 aromatic rings. The molecule has 0 bridgehead atoms. The summed E-state index contributed by atoms with van der Waals surface area (Å²) in [5.41, 5.74) is 5.78. The van der Waals surface area contributed by atoms with Crippen molar-refractivity contribution in [2.24, 2.45) is 11.7 Å². The molecule has 1 saturated heterocycles. The molecular weight excluding hydrogens is 384 g/mol. The summed E-state index contributed by atoms with van der Waals surface area (Å²) in [7, 11) is 0. The number of carbonyl (C=O) groups excluding carboxylic acids is 3. The van der Waals surface area contributed by atoms with Crippen LogP contribution in [0.1, 0.15) is 39.5 Å². The van der Waals surface area contributed by atoms with Crippen LogP contribution in [0.25, 0.3) is 0 Å². The Hall–Kier alpha value is -1.81. The molecule has 1 aliphatic heterocycles. The third kappa shape index (κ3) is 7.67. The Labute approximate surface area is 170 Å². The van der Waals surface area contributed by atoms with Crippen molar-refractivity contribution < 1.29 is 24.3 Å². The van der Waals surface area contributed by atoms with Crippen LogP contribution in [0.3, 0.4) is 0 Å². The number of aliphatic carboxylic acids is 1. The number of rotatable bonds is 11. The molecule has 28 heavy (non-hydrogen) atoms. The fourth-order valence-electron chi connectivity index (χ4n) is 3.14. The van der Waals surface area contributed by atoms with Gasteiger partial charge in [-0.25, -0.2) is 4.79 Å². The number of amides is 3. The van der Waals surface area contributed by atoms with Crippen LogP contribution in [0.5, 0.6) is 0 Å². The highest BCUT2D eigenvalue weighted by Crippen LogP contribution is 2.19. The highest BCUT2D eigenvalue weighted by Gasteiger charge is 2.37. The molecule has 0 spiro atoms. The van der Waals surface area contributed by atoms with E-state index in [1.165, 1.54) is 16.7 Å². The molecule has 9 nitrogen and oxygen atoms in total.